The fraction of sp³-hybridized carbons (Fsp3) is 0.292. The molecule has 6 nitrogen and oxygen atoms in total. The van der Waals surface area contributed by atoms with Gasteiger partial charge in [-0.1, -0.05) is 29.8 Å². The molecule has 1 fully saturated rings. The SMILES string of the molecule is COc1ccc(CNC(=O)C2CCC(=O)N(c3ccc(C)cc3)C2c2cccs2)cn1. The van der Waals surface area contributed by atoms with Crippen molar-refractivity contribution < 1.29 is 14.3 Å². The number of nitrogens with one attached hydrogen (secondary N) is 1. The summed E-state index contributed by atoms with van der Waals surface area (Å²) in [4.78, 5) is 33.2. The quantitative estimate of drug-likeness (QED) is 0.628. The minimum Gasteiger partial charge on any atom is -0.481 e. The van der Waals surface area contributed by atoms with Crippen LogP contribution in [0, 0.1) is 12.8 Å². The number of aromatic nitrogens is 1. The number of thiophene rings is 1. The Labute approximate surface area is 185 Å². The zero-order chi connectivity index (χ0) is 21.8. The van der Waals surface area contributed by atoms with E-state index in [4.69, 9.17) is 4.74 Å². The fourth-order valence-electron chi connectivity index (χ4n) is 3.92. The van der Waals surface area contributed by atoms with E-state index >= 15 is 0 Å². The number of benzene rings is 1. The summed E-state index contributed by atoms with van der Waals surface area (Å²) in [5.41, 5.74) is 2.85. The molecule has 1 aliphatic rings. The largest absolute Gasteiger partial charge is 0.481 e. The highest BCUT2D eigenvalue weighted by atomic mass is 32.1. The van der Waals surface area contributed by atoms with E-state index in [-0.39, 0.29) is 23.8 Å². The molecular weight excluding hydrogens is 410 g/mol. The van der Waals surface area contributed by atoms with E-state index in [0.29, 0.717) is 25.3 Å². The topological polar surface area (TPSA) is 71.5 Å². The predicted molar refractivity (Wildman–Crippen MR) is 121 cm³/mol. The lowest BCUT2D eigenvalue weighted by Crippen LogP contribution is -2.48. The molecule has 31 heavy (non-hydrogen) atoms. The Hall–Kier alpha value is -3.19. The third kappa shape index (κ3) is 4.61. The fourth-order valence-corrected chi connectivity index (χ4v) is 4.80. The van der Waals surface area contributed by atoms with E-state index in [1.165, 1.54) is 0 Å². The van der Waals surface area contributed by atoms with Crippen LogP contribution >= 0.6 is 11.3 Å². The Morgan fingerprint density at radius 3 is 2.68 bits per heavy atom. The van der Waals surface area contributed by atoms with Gasteiger partial charge in [0, 0.05) is 35.8 Å². The average Bonchev–Trinajstić information content (AvgIpc) is 3.33. The molecule has 2 unspecified atom stereocenters. The van der Waals surface area contributed by atoms with Crippen LogP contribution in [-0.4, -0.2) is 23.9 Å². The summed E-state index contributed by atoms with van der Waals surface area (Å²) in [7, 11) is 1.57. The predicted octanol–water partition coefficient (Wildman–Crippen LogP) is 4.26. The van der Waals surface area contributed by atoms with E-state index in [0.717, 1.165) is 21.7 Å². The Kier molecular flexibility index (Phi) is 6.32. The van der Waals surface area contributed by atoms with Gasteiger partial charge >= 0.3 is 0 Å². The Balaban J connectivity index is 1.58. The molecule has 3 aromatic rings. The highest BCUT2D eigenvalue weighted by molar-refractivity contribution is 7.10. The molecule has 1 saturated heterocycles. The van der Waals surface area contributed by atoms with Gasteiger partial charge in [0.25, 0.3) is 0 Å². The van der Waals surface area contributed by atoms with Gasteiger partial charge in [-0.2, -0.15) is 0 Å². The third-order valence-electron chi connectivity index (χ3n) is 5.55. The number of rotatable bonds is 6. The first kappa shape index (κ1) is 21.1. The van der Waals surface area contributed by atoms with E-state index < -0.39 is 0 Å². The number of pyridine rings is 1. The molecule has 0 spiro atoms. The van der Waals surface area contributed by atoms with Crippen LogP contribution in [0.25, 0.3) is 0 Å². The van der Waals surface area contributed by atoms with Crippen LogP contribution in [0.4, 0.5) is 5.69 Å². The second-order valence-corrected chi connectivity index (χ2v) is 8.61. The molecule has 160 valence electrons. The van der Waals surface area contributed by atoms with Gasteiger partial charge in [0.1, 0.15) is 0 Å². The number of nitrogens with zero attached hydrogens (tertiary/aromatic N) is 2. The molecule has 3 heterocycles. The number of hydrogen-bond donors (Lipinski definition) is 1. The summed E-state index contributed by atoms with van der Waals surface area (Å²) in [6.07, 6.45) is 2.56. The maximum Gasteiger partial charge on any atom is 0.227 e. The molecular formula is C24H25N3O3S. The summed E-state index contributed by atoms with van der Waals surface area (Å²) in [5, 5.41) is 5.03. The second kappa shape index (κ2) is 9.31. The normalized spacial score (nSPS) is 18.6. The monoisotopic (exact) mass is 435 g/mol. The molecule has 1 N–H and O–H groups in total. The minimum atomic E-state index is -0.330. The number of carbonyl (C=O) groups excluding carboxylic acids is 2. The van der Waals surface area contributed by atoms with E-state index in [1.54, 1.807) is 35.6 Å². The molecule has 2 amide bonds. The maximum absolute atomic E-state index is 13.2. The van der Waals surface area contributed by atoms with Crippen molar-refractivity contribution >= 4 is 28.8 Å². The van der Waals surface area contributed by atoms with Gasteiger partial charge in [-0.25, -0.2) is 4.98 Å². The van der Waals surface area contributed by atoms with Crippen LogP contribution in [0.2, 0.25) is 0 Å². The summed E-state index contributed by atoms with van der Waals surface area (Å²) in [5.74, 6) is 0.195. The highest BCUT2D eigenvalue weighted by Gasteiger charge is 2.41. The van der Waals surface area contributed by atoms with Crippen molar-refractivity contribution in [3.8, 4) is 5.88 Å². The van der Waals surface area contributed by atoms with Crippen molar-refractivity contribution in [3.63, 3.8) is 0 Å². The zero-order valence-electron chi connectivity index (χ0n) is 17.6. The molecule has 0 bridgehead atoms. The van der Waals surface area contributed by atoms with Crippen LogP contribution in [0.1, 0.15) is 34.9 Å². The molecule has 0 aliphatic carbocycles. The second-order valence-electron chi connectivity index (χ2n) is 7.63. The van der Waals surface area contributed by atoms with Crippen molar-refractivity contribution in [2.45, 2.75) is 32.4 Å². The Morgan fingerprint density at radius 1 is 1.23 bits per heavy atom. The first-order valence-corrected chi connectivity index (χ1v) is 11.1. The lowest BCUT2D eigenvalue weighted by molar-refractivity contribution is -0.129. The molecule has 4 rings (SSSR count). The molecule has 1 aromatic carbocycles. The molecule has 0 saturated carbocycles. The summed E-state index contributed by atoms with van der Waals surface area (Å²) < 4.78 is 5.08. The third-order valence-corrected chi connectivity index (χ3v) is 6.50. The number of anilines is 1. The standard InChI is InChI=1S/C24H25N3O3S/c1-16-5-8-18(9-6-16)27-22(28)12-10-19(23(27)20-4-3-13-31-20)24(29)26-15-17-7-11-21(30-2)25-14-17/h3-9,11,13-14,19,23H,10,12,15H2,1-2H3,(H,26,29). The van der Waals surface area contributed by atoms with Gasteiger partial charge in [0.15, 0.2) is 0 Å². The van der Waals surface area contributed by atoms with Gasteiger partial charge in [-0.05, 0) is 42.5 Å². The maximum atomic E-state index is 13.2. The first-order valence-electron chi connectivity index (χ1n) is 10.3. The van der Waals surface area contributed by atoms with Crippen molar-refractivity contribution in [2.75, 3.05) is 12.0 Å². The van der Waals surface area contributed by atoms with E-state index in [1.807, 2.05) is 54.8 Å². The Bertz CT molecular complexity index is 1030. The van der Waals surface area contributed by atoms with Gasteiger partial charge in [0.05, 0.1) is 19.1 Å². The number of methoxy groups -OCH3 is 1. The molecule has 0 radical (unpaired) electrons. The first-order chi connectivity index (χ1) is 15.1. The van der Waals surface area contributed by atoms with Crippen LogP contribution in [-0.2, 0) is 16.1 Å². The van der Waals surface area contributed by atoms with Crippen molar-refractivity contribution in [3.05, 3.63) is 76.1 Å². The van der Waals surface area contributed by atoms with Gasteiger partial charge in [-0.15, -0.1) is 11.3 Å². The van der Waals surface area contributed by atoms with Crippen molar-refractivity contribution in [2.24, 2.45) is 5.92 Å². The molecule has 1 aliphatic heterocycles. The van der Waals surface area contributed by atoms with Crippen LogP contribution in [0.15, 0.2) is 60.1 Å². The minimum absolute atomic E-state index is 0.0469. The summed E-state index contributed by atoms with van der Waals surface area (Å²) in [6.45, 7) is 2.39. The van der Waals surface area contributed by atoms with E-state index in [2.05, 4.69) is 10.3 Å². The lowest BCUT2D eigenvalue weighted by atomic mass is 9.86. The highest BCUT2D eigenvalue weighted by Crippen LogP contribution is 2.41. The van der Waals surface area contributed by atoms with Gasteiger partial charge in [0.2, 0.25) is 17.7 Å². The molecule has 2 aromatic heterocycles. The summed E-state index contributed by atoms with van der Waals surface area (Å²) >= 11 is 1.57. The lowest BCUT2D eigenvalue weighted by Gasteiger charge is -2.40. The van der Waals surface area contributed by atoms with Crippen LogP contribution < -0.4 is 15.0 Å². The smallest absolute Gasteiger partial charge is 0.227 e. The number of amides is 2. The average molecular weight is 436 g/mol. The van der Waals surface area contributed by atoms with Crippen LogP contribution in [0.5, 0.6) is 5.88 Å². The number of piperidine rings is 1. The molecule has 2 atom stereocenters. The zero-order valence-corrected chi connectivity index (χ0v) is 18.4. The number of carbonyl (C=O) groups is 2. The van der Waals surface area contributed by atoms with Gasteiger partial charge < -0.3 is 15.0 Å². The number of aryl methyl sites for hydroxylation is 1. The molecule has 7 heteroatoms. The van der Waals surface area contributed by atoms with Gasteiger partial charge in [-0.3, -0.25) is 9.59 Å². The van der Waals surface area contributed by atoms with Crippen LogP contribution in [0.3, 0.4) is 0 Å². The van der Waals surface area contributed by atoms with Crippen molar-refractivity contribution in [1.29, 1.82) is 0 Å². The number of hydrogen-bond acceptors (Lipinski definition) is 5. The summed E-state index contributed by atoms with van der Waals surface area (Å²) in [6, 6.07) is 15.2. The Morgan fingerprint density at radius 2 is 2.03 bits per heavy atom. The number of ether oxygens (including phenoxy) is 1. The van der Waals surface area contributed by atoms with E-state index in [9.17, 15) is 9.59 Å². The van der Waals surface area contributed by atoms with Crippen molar-refractivity contribution in [1.82, 2.24) is 10.3 Å².